The third-order valence-electron chi connectivity index (χ3n) is 0.223. The molecule has 0 aromatic carbocycles. The third-order valence-corrected chi connectivity index (χ3v) is 0.223. The summed E-state index contributed by atoms with van der Waals surface area (Å²) < 4.78 is 32.1. The number of carbonyl (C=O) groups is 1. The van der Waals surface area contributed by atoms with E-state index in [9.17, 15) is 13.2 Å². The maximum atomic E-state index is 10.7. The van der Waals surface area contributed by atoms with Crippen molar-refractivity contribution in [2.24, 2.45) is 0 Å². The Balaban J connectivity index is 3.13. The van der Waals surface area contributed by atoms with Crippen LogP contribution in [0, 0.1) is 0 Å². The Morgan fingerprint density at radius 1 is 1.57 bits per heavy atom. The standard InChI is InChI=1S/C2H2F3NO/c3-1(4)6-2(5)7/h1H,(H,6,7). The molecule has 0 unspecified atom stereocenters. The second-order valence-corrected chi connectivity index (χ2v) is 0.719. The normalized spacial score (nSPS) is 9.14. The van der Waals surface area contributed by atoms with Crippen molar-refractivity contribution in [3.05, 3.63) is 0 Å². The van der Waals surface area contributed by atoms with Gasteiger partial charge in [-0.15, -0.1) is 4.39 Å². The predicted octanol–water partition coefficient (Wildman–Crippen LogP) is 0.888. The van der Waals surface area contributed by atoms with Crippen molar-refractivity contribution in [3.63, 3.8) is 0 Å². The average Bonchev–Trinajstić information content (AvgIpc) is 1.27. The quantitative estimate of drug-likeness (QED) is 0.397. The highest BCUT2D eigenvalue weighted by molar-refractivity contribution is 5.65. The Morgan fingerprint density at radius 2 is 2.00 bits per heavy atom. The molecule has 7 heavy (non-hydrogen) atoms. The molecule has 0 rings (SSSR count). The van der Waals surface area contributed by atoms with Gasteiger partial charge < -0.3 is 0 Å². The van der Waals surface area contributed by atoms with Gasteiger partial charge in [-0.25, -0.2) is 4.79 Å². The van der Waals surface area contributed by atoms with Crippen molar-refractivity contribution in [2.75, 3.05) is 0 Å². The summed E-state index contributed by atoms with van der Waals surface area (Å²) in [5.74, 6) is 0. The van der Waals surface area contributed by atoms with Crippen LogP contribution >= 0.6 is 0 Å². The molecule has 0 heterocycles. The van der Waals surface area contributed by atoms with Crippen LogP contribution in [0.1, 0.15) is 0 Å². The van der Waals surface area contributed by atoms with Crippen LogP contribution in [-0.4, -0.2) is 12.7 Å². The van der Waals surface area contributed by atoms with Crippen molar-refractivity contribution in [3.8, 4) is 0 Å². The van der Waals surface area contributed by atoms with E-state index in [4.69, 9.17) is 4.79 Å². The number of alkyl halides is 2. The van der Waals surface area contributed by atoms with Crippen LogP contribution in [-0.2, 0) is 0 Å². The van der Waals surface area contributed by atoms with Gasteiger partial charge in [-0.3, -0.25) is 5.32 Å². The molecule has 1 amide bonds. The van der Waals surface area contributed by atoms with Gasteiger partial charge in [0.2, 0.25) is 0 Å². The number of nitrogens with one attached hydrogen (secondary N) is 1. The van der Waals surface area contributed by atoms with E-state index in [1.54, 1.807) is 0 Å². The molecule has 5 heteroatoms. The highest BCUT2D eigenvalue weighted by Crippen LogP contribution is 1.84. The van der Waals surface area contributed by atoms with Gasteiger partial charge in [0.15, 0.2) is 0 Å². The van der Waals surface area contributed by atoms with Gasteiger partial charge in [0.25, 0.3) is 0 Å². The zero-order chi connectivity index (χ0) is 5.86. The molecule has 0 aromatic heterocycles. The number of halogens is 3. The summed E-state index contributed by atoms with van der Waals surface area (Å²) in [6.07, 6.45) is -2.21. The number of rotatable bonds is 1. The van der Waals surface area contributed by atoms with Crippen LogP contribution in [0.2, 0.25) is 0 Å². The van der Waals surface area contributed by atoms with Crippen LogP contribution in [0.3, 0.4) is 0 Å². The fraction of sp³-hybridized carbons (Fsp3) is 0.500. The fourth-order valence-electron chi connectivity index (χ4n) is 0.0858. The summed E-state index contributed by atoms with van der Waals surface area (Å²) in [4.78, 5) is 9.00. The topological polar surface area (TPSA) is 29.1 Å². The van der Waals surface area contributed by atoms with Crippen molar-refractivity contribution in [2.45, 2.75) is 6.55 Å². The lowest BCUT2D eigenvalue weighted by atomic mass is 11.1. The maximum Gasteiger partial charge on any atom is 0.401 e. The van der Waals surface area contributed by atoms with Crippen molar-refractivity contribution >= 4 is 6.16 Å². The first-order valence-corrected chi connectivity index (χ1v) is 1.37. The van der Waals surface area contributed by atoms with Crippen LogP contribution in [0.25, 0.3) is 0 Å². The lowest BCUT2D eigenvalue weighted by molar-refractivity contribution is 0.109. The van der Waals surface area contributed by atoms with Crippen molar-refractivity contribution < 1.29 is 18.0 Å². The first-order chi connectivity index (χ1) is 3.13. The van der Waals surface area contributed by atoms with E-state index in [-0.39, 0.29) is 0 Å². The number of hydrogen-bond acceptors (Lipinski definition) is 1. The van der Waals surface area contributed by atoms with Crippen LogP contribution in [0.4, 0.5) is 18.0 Å². The minimum absolute atomic E-state index is 0.667. The Morgan fingerprint density at radius 3 is 2.00 bits per heavy atom. The number of carbonyl (C=O) groups excluding carboxylic acids is 1. The van der Waals surface area contributed by atoms with Crippen molar-refractivity contribution in [1.82, 2.24) is 5.32 Å². The van der Waals surface area contributed by atoms with Crippen LogP contribution in [0.5, 0.6) is 0 Å². The largest absolute Gasteiger partial charge is 0.401 e. The first-order valence-electron chi connectivity index (χ1n) is 1.37. The van der Waals surface area contributed by atoms with E-state index in [1.165, 1.54) is 0 Å². The van der Waals surface area contributed by atoms with Gasteiger partial charge in [-0.2, -0.15) is 8.78 Å². The molecule has 42 valence electrons. The molecule has 0 saturated carbocycles. The minimum Gasteiger partial charge on any atom is -0.271 e. The summed E-state index contributed by atoms with van der Waals surface area (Å²) in [6, 6.07) is 0. The van der Waals surface area contributed by atoms with Gasteiger partial charge in [0.1, 0.15) is 0 Å². The zero-order valence-electron chi connectivity index (χ0n) is 3.12. The predicted molar refractivity (Wildman–Crippen MR) is 15.6 cm³/mol. The molecule has 1 N–H and O–H groups in total. The van der Waals surface area contributed by atoms with E-state index in [1.807, 2.05) is 0 Å². The summed E-state index contributed by atoms with van der Waals surface area (Å²) in [6.45, 7) is -3.10. The van der Waals surface area contributed by atoms with Crippen LogP contribution in [0.15, 0.2) is 0 Å². The van der Waals surface area contributed by atoms with E-state index in [2.05, 4.69) is 0 Å². The highest BCUT2D eigenvalue weighted by Gasteiger charge is 2.03. The molecule has 0 aliphatic carbocycles. The molecule has 2 nitrogen and oxygen atoms in total. The van der Waals surface area contributed by atoms with E-state index < -0.39 is 12.7 Å². The SMILES string of the molecule is O=C(F)NC(F)F. The Kier molecular flexibility index (Phi) is 2.18. The van der Waals surface area contributed by atoms with Crippen LogP contribution < -0.4 is 5.32 Å². The molecular weight excluding hydrogens is 111 g/mol. The third kappa shape index (κ3) is 5.26. The van der Waals surface area contributed by atoms with E-state index in [0.29, 0.717) is 5.32 Å². The van der Waals surface area contributed by atoms with Gasteiger partial charge in [0, 0.05) is 0 Å². The summed E-state index contributed by atoms with van der Waals surface area (Å²) in [5, 5.41) is 0.667. The van der Waals surface area contributed by atoms with E-state index in [0.717, 1.165) is 0 Å². The molecule has 0 aliphatic heterocycles. The summed E-state index contributed by atoms with van der Waals surface area (Å²) in [5.41, 5.74) is 0. The summed E-state index contributed by atoms with van der Waals surface area (Å²) >= 11 is 0. The molecular formula is C2H2F3NO. The molecule has 0 fully saturated rings. The molecule has 0 aliphatic rings. The van der Waals surface area contributed by atoms with Gasteiger partial charge in [-0.1, -0.05) is 0 Å². The second kappa shape index (κ2) is 2.44. The van der Waals surface area contributed by atoms with E-state index >= 15 is 0 Å². The minimum atomic E-state index is -3.10. The lowest BCUT2D eigenvalue weighted by Crippen LogP contribution is -2.22. The fourth-order valence-corrected chi connectivity index (χ4v) is 0.0858. The molecule has 0 radical (unpaired) electrons. The Hall–Kier alpha value is -0.740. The van der Waals surface area contributed by atoms with Crippen molar-refractivity contribution in [1.29, 1.82) is 0 Å². The Bertz CT molecular complexity index is 73.3. The Labute approximate surface area is 37.3 Å². The molecule has 0 spiro atoms. The number of amides is 1. The zero-order valence-corrected chi connectivity index (χ0v) is 3.12. The molecule has 0 bridgehead atoms. The molecule has 0 aromatic rings. The highest BCUT2D eigenvalue weighted by atomic mass is 19.3. The smallest absolute Gasteiger partial charge is 0.271 e. The first kappa shape index (κ1) is 6.26. The lowest BCUT2D eigenvalue weighted by Gasteiger charge is -1.91. The molecule has 0 saturated heterocycles. The second-order valence-electron chi connectivity index (χ2n) is 0.719. The van der Waals surface area contributed by atoms with Gasteiger partial charge >= 0.3 is 12.7 Å². The average molecular weight is 113 g/mol. The summed E-state index contributed by atoms with van der Waals surface area (Å²) in [7, 11) is 0. The van der Waals surface area contributed by atoms with Gasteiger partial charge in [0.05, 0.1) is 0 Å². The number of hydrogen-bond donors (Lipinski definition) is 1. The van der Waals surface area contributed by atoms with Gasteiger partial charge in [-0.05, 0) is 0 Å². The molecule has 0 atom stereocenters. The monoisotopic (exact) mass is 113 g/mol. The maximum absolute atomic E-state index is 10.7.